The van der Waals surface area contributed by atoms with E-state index in [0.717, 1.165) is 5.76 Å². The number of rotatable bonds is 2. The minimum Gasteiger partial charge on any atom is -0.473 e. The molecule has 0 spiro atoms. The van der Waals surface area contributed by atoms with Crippen molar-refractivity contribution in [3.8, 4) is 0 Å². The molecule has 3 rings (SSSR count). The Kier molecular flexibility index (Phi) is 2.81. The number of allylic oxidation sites excluding steroid dienone is 2. The summed E-state index contributed by atoms with van der Waals surface area (Å²) in [6, 6.07) is 0. The second-order valence-corrected chi connectivity index (χ2v) is 7.86. The molecule has 2 heterocycles. The van der Waals surface area contributed by atoms with Crippen LogP contribution in [-0.2, 0) is 4.74 Å². The molecule has 100 valence electrons. The molecule has 0 aromatic heterocycles. The number of hydrogen-bond donors (Lipinski definition) is 2. The molecule has 3 aliphatic rings. The number of nitrogens with one attached hydrogen (secondary N) is 2. The number of thioether (sulfide) groups is 1. The van der Waals surface area contributed by atoms with Gasteiger partial charge in [0.05, 0.1) is 5.37 Å². The summed E-state index contributed by atoms with van der Waals surface area (Å²) in [5, 5.41) is 7.29. The van der Waals surface area contributed by atoms with Gasteiger partial charge in [-0.05, 0) is 13.3 Å². The van der Waals surface area contributed by atoms with E-state index in [1.54, 1.807) is 0 Å². The van der Waals surface area contributed by atoms with Gasteiger partial charge in [-0.2, -0.15) is 0 Å². The van der Waals surface area contributed by atoms with E-state index in [-0.39, 0.29) is 11.6 Å². The molecule has 3 nitrogen and oxygen atoms in total. The van der Waals surface area contributed by atoms with E-state index in [1.807, 2.05) is 11.8 Å². The van der Waals surface area contributed by atoms with E-state index in [4.69, 9.17) is 4.74 Å². The average molecular weight is 266 g/mol. The molecule has 1 aliphatic carbocycles. The normalized spacial score (nSPS) is 38.4. The molecule has 18 heavy (non-hydrogen) atoms. The SMILES string of the molecule is CC1NC=C(C2CC2C2NC=C(C(C)(C)C)O2)S1. The molecular weight excluding hydrogens is 244 g/mol. The Morgan fingerprint density at radius 1 is 1.28 bits per heavy atom. The van der Waals surface area contributed by atoms with Crippen molar-refractivity contribution in [1.29, 1.82) is 0 Å². The lowest BCUT2D eigenvalue weighted by Gasteiger charge is -2.21. The van der Waals surface area contributed by atoms with Crippen LogP contribution in [0.1, 0.15) is 34.1 Å². The van der Waals surface area contributed by atoms with Gasteiger partial charge in [0.1, 0.15) is 5.76 Å². The zero-order chi connectivity index (χ0) is 12.9. The monoisotopic (exact) mass is 266 g/mol. The van der Waals surface area contributed by atoms with Crippen molar-refractivity contribution in [3.05, 3.63) is 23.1 Å². The highest BCUT2D eigenvalue weighted by molar-refractivity contribution is 8.03. The van der Waals surface area contributed by atoms with Crippen molar-refractivity contribution in [2.45, 2.75) is 45.7 Å². The molecule has 0 amide bonds. The first-order valence-corrected chi connectivity index (χ1v) is 7.59. The summed E-state index contributed by atoms with van der Waals surface area (Å²) >= 11 is 1.95. The Balaban J connectivity index is 1.55. The number of hydrogen-bond acceptors (Lipinski definition) is 4. The zero-order valence-electron chi connectivity index (χ0n) is 11.5. The molecule has 4 heteroatoms. The van der Waals surface area contributed by atoms with Gasteiger partial charge in [0.2, 0.25) is 0 Å². The summed E-state index contributed by atoms with van der Waals surface area (Å²) in [4.78, 5) is 1.50. The van der Waals surface area contributed by atoms with Crippen LogP contribution < -0.4 is 10.6 Å². The largest absolute Gasteiger partial charge is 0.473 e. The Hall–Kier alpha value is -0.770. The summed E-state index contributed by atoms with van der Waals surface area (Å²) in [6.45, 7) is 8.77. The molecule has 1 saturated carbocycles. The quantitative estimate of drug-likeness (QED) is 0.805. The minimum absolute atomic E-state index is 0.101. The lowest BCUT2D eigenvalue weighted by atomic mass is 9.94. The van der Waals surface area contributed by atoms with Gasteiger partial charge in [-0.15, -0.1) is 11.8 Å². The fourth-order valence-electron chi connectivity index (χ4n) is 2.51. The van der Waals surface area contributed by atoms with Gasteiger partial charge in [0, 0.05) is 34.6 Å². The summed E-state index contributed by atoms with van der Waals surface area (Å²) in [5.41, 5.74) is 0.101. The van der Waals surface area contributed by atoms with Gasteiger partial charge in [0.15, 0.2) is 6.23 Å². The first-order valence-electron chi connectivity index (χ1n) is 6.71. The van der Waals surface area contributed by atoms with Crippen LogP contribution in [0, 0.1) is 17.3 Å². The molecular formula is C14H22N2OS. The first-order chi connectivity index (χ1) is 8.45. The van der Waals surface area contributed by atoms with Crippen LogP contribution in [0.3, 0.4) is 0 Å². The minimum atomic E-state index is 0.101. The molecule has 4 unspecified atom stereocenters. The van der Waals surface area contributed by atoms with Crippen molar-refractivity contribution in [3.63, 3.8) is 0 Å². The maximum Gasteiger partial charge on any atom is 0.172 e. The van der Waals surface area contributed by atoms with E-state index >= 15 is 0 Å². The molecule has 0 radical (unpaired) electrons. The van der Waals surface area contributed by atoms with Gasteiger partial charge in [-0.3, -0.25) is 0 Å². The smallest absolute Gasteiger partial charge is 0.172 e. The zero-order valence-corrected chi connectivity index (χ0v) is 12.3. The van der Waals surface area contributed by atoms with Gasteiger partial charge >= 0.3 is 0 Å². The van der Waals surface area contributed by atoms with Crippen LogP contribution in [0.4, 0.5) is 0 Å². The molecule has 2 N–H and O–H groups in total. The van der Waals surface area contributed by atoms with E-state index in [2.05, 4.69) is 50.7 Å². The maximum absolute atomic E-state index is 6.06. The Bertz CT molecular complexity index is 411. The molecule has 0 saturated heterocycles. The molecule has 1 fully saturated rings. The highest BCUT2D eigenvalue weighted by Crippen LogP contribution is 2.53. The summed E-state index contributed by atoms with van der Waals surface area (Å²) in [7, 11) is 0. The highest BCUT2D eigenvalue weighted by Gasteiger charge is 2.49. The second kappa shape index (κ2) is 4.12. The van der Waals surface area contributed by atoms with E-state index in [1.165, 1.54) is 11.3 Å². The summed E-state index contributed by atoms with van der Waals surface area (Å²) in [6.07, 6.45) is 5.67. The van der Waals surface area contributed by atoms with E-state index in [9.17, 15) is 0 Å². The van der Waals surface area contributed by atoms with Crippen molar-refractivity contribution in [1.82, 2.24) is 10.6 Å². The van der Waals surface area contributed by atoms with Gasteiger partial charge in [0.25, 0.3) is 0 Å². The maximum atomic E-state index is 6.06. The third-order valence-corrected chi connectivity index (χ3v) is 4.92. The summed E-state index contributed by atoms with van der Waals surface area (Å²) < 4.78 is 6.06. The van der Waals surface area contributed by atoms with Crippen LogP contribution in [0.5, 0.6) is 0 Å². The van der Waals surface area contributed by atoms with Crippen molar-refractivity contribution < 1.29 is 4.74 Å². The predicted molar refractivity (Wildman–Crippen MR) is 75.4 cm³/mol. The van der Waals surface area contributed by atoms with Crippen LogP contribution in [0.25, 0.3) is 0 Å². The van der Waals surface area contributed by atoms with Crippen molar-refractivity contribution in [2.24, 2.45) is 17.3 Å². The molecule has 0 aromatic rings. The fourth-order valence-corrected chi connectivity index (χ4v) is 3.64. The van der Waals surface area contributed by atoms with E-state index < -0.39 is 0 Å². The summed E-state index contributed by atoms with van der Waals surface area (Å²) in [5.74, 6) is 2.40. The van der Waals surface area contributed by atoms with Crippen molar-refractivity contribution >= 4 is 11.8 Å². The Morgan fingerprint density at radius 3 is 2.61 bits per heavy atom. The second-order valence-electron chi connectivity index (χ2n) is 6.44. The van der Waals surface area contributed by atoms with Gasteiger partial charge in [-0.1, -0.05) is 20.8 Å². The highest BCUT2D eigenvalue weighted by atomic mass is 32.2. The van der Waals surface area contributed by atoms with Gasteiger partial charge < -0.3 is 15.4 Å². The lowest BCUT2D eigenvalue weighted by molar-refractivity contribution is 0.0724. The standard InChI is InChI=1S/C14H22N2OS/c1-8-15-6-11(18-8)9-5-10(9)13-16-7-12(17-13)14(2,3)4/h6-10,13,15-16H,5H2,1-4H3. The molecule has 0 bridgehead atoms. The van der Waals surface area contributed by atoms with Crippen LogP contribution >= 0.6 is 11.8 Å². The Morgan fingerprint density at radius 2 is 2.06 bits per heavy atom. The van der Waals surface area contributed by atoms with Gasteiger partial charge in [-0.25, -0.2) is 0 Å². The third kappa shape index (κ3) is 2.22. The predicted octanol–water partition coefficient (Wildman–Crippen LogP) is 2.98. The Labute approximate surface area is 113 Å². The van der Waals surface area contributed by atoms with Crippen molar-refractivity contribution in [2.75, 3.05) is 0 Å². The van der Waals surface area contributed by atoms with Crippen LogP contribution in [-0.4, -0.2) is 11.6 Å². The van der Waals surface area contributed by atoms with Crippen LogP contribution in [0.2, 0.25) is 0 Å². The third-order valence-electron chi connectivity index (χ3n) is 3.74. The topological polar surface area (TPSA) is 33.3 Å². The first kappa shape index (κ1) is 12.3. The molecule has 0 aromatic carbocycles. The number of ether oxygens (including phenoxy) is 1. The lowest BCUT2D eigenvalue weighted by Crippen LogP contribution is -2.25. The van der Waals surface area contributed by atoms with Crippen LogP contribution in [0.15, 0.2) is 23.1 Å². The fraction of sp³-hybridized carbons (Fsp3) is 0.714. The molecule has 4 atom stereocenters. The molecule has 2 aliphatic heterocycles. The van der Waals surface area contributed by atoms with E-state index in [0.29, 0.717) is 17.2 Å². The average Bonchev–Trinajstić information content (AvgIpc) is 2.75.